The minimum absolute atomic E-state index is 0.101. The Balaban J connectivity index is 1.14. The Bertz CT molecular complexity index is 2800. The van der Waals surface area contributed by atoms with E-state index in [4.69, 9.17) is 0 Å². The second-order valence-electron chi connectivity index (χ2n) is 14.1. The van der Waals surface area contributed by atoms with Gasteiger partial charge in [-0.25, -0.2) is 0 Å². The third-order valence-corrected chi connectivity index (χ3v) is 11.0. The fourth-order valence-electron chi connectivity index (χ4n) is 8.73. The largest absolute Gasteiger partial charge is 0.0616 e. The van der Waals surface area contributed by atoms with Crippen LogP contribution in [0.5, 0.6) is 0 Å². The molecule has 0 N–H and O–H groups in total. The summed E-state index contributed by atoms with van der Waals surface area (Å²) in [6.07, 6.45) is 0. The zero-order valence-corrected chi connectivity index (χ0v) is 27.7. The third kappa shape index (κ3) is 4.17. The zero-order valence-electron chi connectivity index (χ0n) is 27.7. The van der Waals surface area contributed by atoms with Crippen molar-refractivity contribution >= 4 is 43.1 Å². The van der Waals surface area contributed by atoms with Crippen LogP contribution in [0.25, 0.3) is 87.6 Å². The average molecular weight is 623 g/mol. The second kappa shape index (κ2) is 10.5. The zero-order chi connectivity index (χ0) is 32.7. The Morgan fingerprint density at radius 3 is 1.71 bits per heavy atom. The number of hydrogen-bond donors (Lipinski definition) is 0. The van der Waals surface area contributed by atoms with E-state index in [0.29, 0.717) is 0 Å². The quantitative estimate of drug-likeness (QED) is 0.136. The van der Waals surface area contributed by atoms with Crippen molar-refractivity contribution in [1.29, 1.82) is 0 Å². The van der Waals surface area contributed by atoms with E-state index < -0.39 is 0 Å². The van der Waals surface area contributed by atoms with Gasteiger partial charge in [0.1, 0.15) is 0 Å². The van der Waals surface area contributed by atoms with E-state index in [2.05, 4.69) is 184 Å². The summed E-state index contributed by atoms with van der Waals surface area (Å²) in [5.74, 6) is 0. The summed E-state index contributed by atoms with van der Waals surface area (Å²) < 4.78 is 0. The Hall–Kier alpha value is -5.98. The molecule has 0 radical (unpaired) electrons. The van der Waals surface area contributed by atoms with Gasteiger partial charge in [0.2, 0.25) is 0 Å². The van der Waals surface area contributed by atoms with Crippen molar-refractivity contribution in [3.8, 4) is 44.5 Å². The van der Waals surface area contributed by atoms with Crippen molar-refractivity contribution < 1.29 is 0 Å². The van der Waals surface area contributed by atoms with E-state index in [1.165, 1.54) is 98.7 Å². The van der Waals surface area contributed by atoms with Crippen LogP contribution < -0.4 is 0 Å². The first-order valence-electron chi connectivity index (χ1n) is 17.3. The lowest BCUT2D eigenvalue weighted by atomic mass is 9.79. The summed E-state index contributed by atoms with van der Waals surface area (Å²) in [5, 5.41) is 10.4. The highest BCUT2D eigenvalue weighted by molar-refractivity contribution is 6.20. The van der Waals surface area contributed by atoms with Gasteiger partial charge in [0.05, 0.1) is 0 Å². The van der Waals surface area contributed by atoms with E-state index in [1.54, 1.807) is 0 Å². The van der Waals surface area contributed by atoms with E-state index in [1.807, 2.05) is 0 Å². The minimum atomic E-state index is -0.101. The molecular weight excluding hydrogens is 589 g/mol. The molecule has 0 saturated heterocycles. The van der Waals surface area contributed by atoms with E-state index in [9.17, 15) is 0 Å². The van der Waals surface area contributed by atoms with Gasteiger partial charge in [0.25, 0.3) is 0 Å². The summed E-state index contributed by atoms with van der Waals surface area (Å²) in [5.41, 5.74) is 13.0. The molecular formula is C49H34. The van der Waals surface area contributed by atoms with Crippen LogP contribution in [0.3, 0.4) is 0 Å². The van der Waals surface area contributed by atoms with Crippen molar-refractivity contribution in [3.05, 3.63) is 181 Å². The lowest BCUT2D eigenvalue weighted by Crippen LogP contribution is -2.15. The highest BCUT2D eigenvalue weighted by Crippen LogP contribution is 2.52. The maximum Gasteiger partial charge on any atom is 0.0165 e. The van der Waals surface area contributed by atoms with Crippen LogP contribution in [0, 0.1) is 0 Å². The summed E-state index contributed by atoms with van der Waals surface area (Å²) >= 11 is 0. The highest BCUT2D eigenvalue weighted by atomic mass is 14.4. The average Bonchev–Trinajstić information content (AvgIpc) is 3.39. The topological polar surface area (TPSA) is 0 Å². The fraction of sp³-hybridized carbons (Fsp3) is 0.0612. The van der Waals surface area contributed by atoms with Crippen LogP contribution >= 0.6 is 0 Å². The SMILES string of the molecule is CC1(C)c2cc(-c3ccccc3-c3cccc(-c4c5ccccc5cc5c4ccc4ccccc45)c3)ccc2-c2ccc3ccccc3c21. The minimum Gasteiger partial charge on any atom is -0.0616 e. The van der Waals surface area contributed by atoms with Crippen LogP contribution in [0.4, 0.5) is 0 Å². The van der Waals surface area contributed by atoms with Gasteiger partial charge < -0.3 is 0 Å². The summed E-state index contributed by atoms with van der Waals surface area (Å²) in [6.45, 7) is 4.78. The Morgan fingerprint density at radius 1 is 0.327 bits per heavy atom. The monoisotopic (exact) mass is 622 g/mol. The molecule has 49 heavy (non-hydrogen) atoms. The van der Waals surface area contributed by atoms with Crippen LogP contribution in [0.2, 0.25) is 0 Å². The first kappa shape index (κ1) is 28.1. The molecule has 0 heterocycles. The molecule has 1 aliphatic rings. The van der Waals surface area contributed by atoms with Crippen LogP contribution in [-0.2, 0) is 5.41 Å². The lowest BCUT2D eigenvalue weighted by Gasteiger charge is -2.24. The molecule has 0 aliphatic heterocycles. The predicted molar refractivity (Wildman–Crippen MR) is 210 cm³/mol. The maximum atomic E-state index is 2.45. The van der Waals surface area contributed by atoms with Gasteiger partial charge in [-0.15, -0.1) is 0 Å². The van der Waals surface area contributed by atoms with Gasteiger partial charge in [0, 0.05) is 5.41 Å². The number of benzene rings is 9. The van der Waals surface area contributed by atoms with Gasteiger partial charge in [-0.2, -0.15) is 0 Å². The van der Waals surface area contributed by atoms with E-state index in [-0.39, 0.29) is 5.41 Å². The highest BCUT2D eigenvalue weighted by Gasteiger charge is 2.37. The molecule has 230 valence electrons. The summed E-state index contributed by atoms with van der Waals surface area (Å²) in [7, 11) is 0. The first-order chi connectivity index (χ1) is 24.1. The third-order valence-electron chi connectivity index (χ3n) is 11.0. The van der Waals surface area contributed by atoms with Crippen LogP contribution in [-0.4, -0.2) is 0 Å². The number of hydrogen-bond acceptors (Lipinski definition) is 0. The molecule has 0 bridgehead atoms. The van der Waals surface area contributed by atoms with Gasteiger partial charge in [-0.05, 0) is 117 Å². The van der Waals surface area contributed by atoms with Crippen molar-refractivity contribution in [3.63, 3.8) is 0 Å². The van der Waals surface area contributed by atoms with Crippen molar-refractivity contribution in [2.75, 3.05) is 0 Å². The predicted octanol–water partition coefficient (Wildman–Crippen LogP) is 13.6. The normalized spacial score (nSPS) is 13.3. The Morgan fingerprint density at radius 2 is 0.918 bits per heavy atom. The molecule has 0 heteroatoms. The van der Waals surface area contributed by atoms with Gasteiger partial charge in [0.15, 0.2) is 0 Å². The standard InChI is InChI=1S/C49H34/c1-49(2)46-30-35(24-25-42(46)44-27-23-32-13-4-8-21-41(32)48(44)49)39-19-10-9-18-38(39)33-15-11-16-36(28-33)47-40-20-7-5-14-34(40)29-45-37-17-6-3-12-31(37)22-26-43(45)47/h3-30H,1-2H3. The van der Waals surface area contributed by atoms with Crippen LogP contribution in [0.15, 0.2) is 170 Å². The molecule has 0 saturated carbocycles. The van der Waals surface area contributed by atoms with Crippen LogP contribution in [0.1, 0.15) is 25.0 Å². The summed E-state index contributed by atoms with van der Waals surface area (Å²) in [4.78, 5) is 0. The Kier molecular flexibility index (Phi) is 6.02. The molecule has 9 aromatic rings. The van der Waals surface area contributed by atoms with Crippen molar-refractivity contribution in [2.24, 2.45) is 0 Å². The fourth-order valence-corrected chi connectivity index (χ4v) is 8.73. The molecule has 0 unspecified atom stereocenters. The van der Waals surface area contributed by atoms with Gasteiger partial charge >= 0.3 is 0 Å². The van der Waals surface area contributed by atoms with E-state index >= 15 is 0 Å². The van der Waals surface area contributed by atoms with Gasteiger partial charge in [-0.1, -0.05) is 166 Å². The van der Waals surface area contributed by atoms with Crippen molar-refractivity contribution in [1.82, 2.24) is 0 Å². The molecule has 10 rings (SSSR count). The Labute approximate surface area is 286 Å². The number of rotatable bonds is 3. The van der Waals surface area contributed by atoms with E-state index in [0.717, 1.165) is 0 Å². The second-order valence-corrected chi connectivity index (χ2v) is 14.1. The molecule has 0 aromatic heterocycles. The summed E-state index contributed by atoms with van der Waals surface area (Å²) in [6, 6.07) is 63.1. The first-order valence-corrected chi connectivity index (χ1v) is 17.3. The maximum absolute atomic E-state index is 2.45. The lowest BCUT2D eigenvalue weighted by molar-refractivity contribution is 0.666. The molecule has 0 fully saturated rings. The molecule has 9 aromatic carbocycles. The molecule has 0 spiro atoms. The van der Waals surface area contributed by atoms with Crippen molar-refractivity contribution in [2.45, 2.75) is 19.3 Å². The van der Waals surface area contributed by atoms with Gasteiger partial charge in [-0.3, -0.25) is 0 Å². The molecule has 0 nitrogen and oxygen atoms in total. The molecule has 0 amide bonds. The molecule has 0 atom stereocenters. The molecule has 1 aliphatic carbocycles. The smallest absolute Gasteiger partial charge is 0.0165 e. The number of fused-ring (bicyclic) bond motifs is 9.